The molecule has 0 radical (unpaired) electrons. The number of aromatic amines is 1. The highest BCUT2D eigenvalue weighted by atomic mass is 33.1. The van der Waals surface area contributed by atoms with Gasteiger partial charge in [-0.25, -0.2) is 0 Å². The lowest BCUT2D eigenvalue weighted by molar-refractivity contribution is -0.136. The number of rotatable bonds is 18. The van der Waals surface area contributed by atoms with Gasteiger partial charge in [0.2, 0.25) is 53.2 Å². The fourth-order valence-electron chi connectivity index (χ4n) is 8.95. The number of fused-ring (bicyclic) bond motifs is 2. The maximum atomic E-state index is 14.9. The summed E-state index contributed by atoms with van der Waals surface area (Å²) in [7, 11) is 2.01. The molecule has 80 heavy (non-hydrogen) atoms. The molecule has 1 aliphatic heterocycles. The first-order valence-electron chi connectivity index (χ1n) is 26.3. The molecule has 15 N–H and O–H groups in total. The lowest BCUT2D eigenvalue weighted by Crippen LogP contribution is -2.62. The van der Waals surface area contributed by atoms with E-state index in [2.05, 4.69) is 47.5 Å². The smallest absolute Gasteiger partial charge is 0.244 e. The number of primary amides is 1. The van der Waals surface area contributed by atoms with Crippen molar-refractivity contribution in [2.75, 3.05) is 18.1 Å². The van der Waals surface area contributed by atoms with Crippen molar-refractivity contribution in [2.45, 2.75) is 121 Å². The van der Waals surface area contributed by atoms with Crippen molar-refractivity contribution < 1.29 is 53.4 Å². The highest BCUT2D eigenvalue weighted by Crippen LogP contribution is 2.25. The lowest BCUT2D eigenvalue weighted by Gasteiger charge is -2.29. The number of para-hydroxylation sites is 1. The minimum atomic E-state index is -1.57. The molecule has 1 fully saturated rings. The van der Waals surface area contributed by atoms with Crippen molar-refractivity contribution in [2.24, 2.45) is 17.4 Å². The summed E-state index contributed by atoms with van der Waals surface area (Å²) in [6, 6.07) is 15.4. The molecule has 24 heteroatoms. The molecule has 0 saturated carbocycles. The van der Waals surface area contributed by atoms with Crippen LogP contribution in [0.25, 0.3) is 21.7 Å². The first-order valence-corrected chi connectivity index (χ1v) is 28.8. The summed E-state index contributed by atoms with van der Waals surface area (Å²) >= 11 is 0. The van der Waals surface area contributed by atoms with Gasteiger partial charge in [0, 0.05) is 54.9 Å². The molecule has 2 heterocycles. The number of unbranched alkanes of at least 4 members (excludes halogenated alkanes) is 1. The second-order valence-electron chi connectivity index (χ2n) is 20.1. The van der Waals surface area contributed by atoms with E-state index in [0.29, 0.717) is 24.0 Å². The highest BCUT2D eigenvalue weighted by molar-refractivity contribution is 8.76. The summed E-state index contributed by atoms with van der Waals surface area (Å²) in [5, 5.41) is 44.8. The third-order valence-corrected chi connectivity index (χ3v) is 15.8. The maximum Gasteiger partial charge on any atom is 0.244 e. The standard InChI is InChI=1S/C56H71N11O11S2/c1-30(2)47-56(78)65-46(55(77)67-48(31(3)68)49(58)71)29-80-79-28-45(64-50(72)40(57)24-34-16-19-35-11-5-6-12-36(35)23-34)54(76)62-43(25-33-17-20-38(70)21-18-33)52(74)63-44(26-37-27-60-41-14-8-7-13-39(37)41)53(75)61-42(51(73)66-47)15-9-10-22-59-32(4)69/h5-8,11-14,16-21,23,27,30-31,40,42-48,60,68,70H,9-10,15,22,24-26,28-29,57H2,1-4H3,(H2,58,71)(H,59,69)(H,61,75)(H,62,76)(H,63,74)(H,64,72)(H,65,78)(H,66,73)(H,67,77)/t31-,40-,42+,43+,44-,45+,46+,47+,48+/m1/s1. The number of nitrogens with one attached hydrogen (secondary N) is 9. The number of carbonyl (C=O) groups excluding carboxylic acids is 9. The van der Waals surface area contributed by atoms with Crippen molar-refractivity contribution in [3.63, 3.8) is 0 Å². The Kier molecular flexibility index (Phi) is 22.7. The predicted molar refractivity (Wildman–Crippen MR) is 306 cm³/mol. The van der Waals surface area contributed by atoms with Crippen molar-refractivity contribution in [1.29, 1.82) is 0 Å². The molecule has 1 aliphatic rings. The zero-order valence-corrected chi connectivity index (χ0v) is 46.5. The molecule has 0 spiro atoms. The fourth-order valence-corrected chi connectivity index (χ4v) is 11.3. The van der Waals surface area contributed by atoms with E-state index in [1.54, 1.807) is 32.2 Å². The number of nitrogens with two attached hydrogens (primary N) is 2. The summed E-state index contributed by atoms with van der Waals surface area (Å²) in [4.78, 5) is 129. The summed E-state index contributed by atoms with van der Waals surface area (Å²) < 4.78 is 0. The number of hydrogen-bond acceptors (Lipinski definition) is 14. The van der Waals surface area contributed by atoms with Crippen molar-refractivity contribution in [3.8, 4) is 5.75 Å². The van der Waals surface area contributed by atoms with Gasteiger partial charge in [0.15, 0.2) is 0 Å². The number of aliphatic hydroxyl groups excluding tert-OH is 1. The Labute approximate surface area is 471 Å². The van der Waals surface area contributed by atoms with Gasteiger partial charge in [0.1, 0.15) is 48.0 Å². The largest absolute Gasteiger partial charge is 0.508 e. The second kappa shape index (κ2) is 29.5. The van der Waals surface area contributed by atoms with E-state index in [1.165, 1.54) is 26.0 Å². The first kappa shape index (κ1) is 61.5. The minimum Gasteiger partial charge on any atom is -0.508 e. The van der Waals surface area contributed by atoms with Crippen molar-refractivity contribution in [3.05, 3.63) is 114 Å². The Bertz CT molecular complexity index is 3010. The van der Waals surface area contributed by atoms with Crippen LogP contribution in [0.4, 0.5) is 0 Å². The first-order chi connectivity index (χ1) is 38.2. The highest BCUT2D eigenvalue weighted by Gasteiger charge is 2.37. The summed E-state index contributed by atoms with van der Waals surface area (Å²) in [6.45, 7) is 6.15. The van der Waals surface area contributed by atoms with Crippen LogP contribution in [0, 0.1) is 5.92 Å². The number of phenolic OH excluding ortho intramolecular Hbond substituents is 1. The molecule has 22 nitrogen and oxygen atoms in total. The normalized spacial score (nSPS) is 21.2. The molecule has 4 aromatic carbocycles. The van der Waals surface area contributed by atoms with Gasteiger partial charge in [0.05, 0.1) is 12.1 Å². The molecule has 1 saturated heterocycles. The Morgan fingerprint density at radius 3 is 2.02 bits per heavy atom. The Balaban J connectivity index is 1.40. The summed E-state index contributed by atoms with van der Waals surface area (Å²) in [5.74, 6) is -8.18. The maximum absolute atomic E-state index is 14.9. The van der Waals surface area contributed by atoms with Crippen LogP contribution >= 0.6 is 21.6 Å². The van der Waals surface area contributed by atoms with Crippen LogP contribution in [0.15, 0.2) is 97.2 Å². The van der Waals surface area contributed by atoms with Crippen LogP contribution in [0.3, 0.4) is 0 Å². The molecule has 5 aromatic rings. The molecule has 6 rings (SSSR count). The van der Waals surface area contributed by atoms with Crippen LogP contribution < -0.4 is 54.0 Å². The van der Waals surface area contributed by atoms with Crippen molar-refractivity contribution in [1.82, 2.24) is 47.5 Å². The third kappa shape index (κ3) is 17.9. The van der Waals surface area contributed by atoms with Crippen molar-refractivity contribution >= 4 is 96.4 Å². The number of aromatic hydroxyl groups is 1. The molecule has 9 atom stereocenters. The summed E-state index contributed by atoms with van der Waals surface area (Å²) in [6.07, 6.45) is 0.740. The minimum absolute atomic E-state index is 0.00263. The van der Waals surface area contributed by atoms with Crippen LogP contribution in [-0.2, 0) is 62.4 Å². The molecule has 0 aliphatic carbocycles. The van der Waals surface area contributed by atoms with Gasteiger partial charge in [-0.05, 0) is 84.2 Å². The van der Waals surface area contributed by atoms with E-state index in [0.717, 1.165) is 48.8 Å². The number of carbonyl (C=O) groups is 9. The monoisotopic (exact) mass is 1140 g/mol. The SMILES string of the molecule is CC(=O)NCCCC[C@@H]1NC(=O)[C@@H](Cc2c[nH]c3ccccc23)NC(=O)[C@H](Cc2ccc(O)cc2)NC(=O)[C@@H](NC(=O)[C@H](N)Cc2ccc3ccccc3c2)CSSC[C@@H](C(=O)N[C@H](C(N)=O)[C@@H](C)O)NC(=O)[C@H](C(C)C)NC1=O. The number of benzene rings is 4. The number of amides is 9. The van der Waals surface area contributed by atoms with Gasteiger partial charge in [-0.1, -0.05) is 108 Å². The molecule has 0 unspecified atom stereocenters. The van der Waals surface area contributed by atoms with Crippen LogP contribution in [-0.4, -0.2) is 141 Å². The van der Waals surface area contributed by atoms with E-state index in [1.807, 2.05) is 66.7 Å². The van der Waals surface area contributed by atoms with E-state index >= 15 is 0 Å². The Morgan fingerprint density at radius 1 is 0.713 bits per heavy atom. The van der Waals surface area contributed by atoms with Crippen LogP contribution in [0.2, 0.25) is 0 Å². The van der Waals surface area contributed by atoms with E-state index < -0.39 is 108 Å². The van der Waals surface area contributed by atoms with Gasteiger partial charge >= 0.3 is 0 Å². The quantitative estimate of drug-likeness (QED) is 0.0430. The predicted octanol–water partition coefficient (Wildman–Crippen LogP) is 0.999. The molecule has 0 bridgehead atoms. The number of H-pyrrole nitrogens is 1. The van der Waals surface area contributed by atoms with Crippen LogP contribution in [0.1, 0.15) is 63.6 Å². The average molecular weight is 1140 g/mol. The van der Waals surface area contributed by atoms with E-state index in [4.69, 9.17) is 11.5 Å². The lowest BCUT2D eigenvalue weighted by atomic mass is 10.00. The van der Waals surface area contributed by atoms with Gasteiger partial charge in [-0.15, -0.1) is 0 Å². The zero-order valence-electron chi connectivity index (χ0n) is 44.9. The Hall–Kier alpha value is -7.67. The topological polar surface area (TPSA) is 358 Å². The second-order valence-corrected chi connectivity index (χ2v) is 22.7. The third-order valence-electron chi connectivity index (χ3n) is 13.4. The zero-order chi connectivity index (χ0) is 58.0. The number of aromatic nitrogens is 1. The number of phenols is 1. The van der Waals surface area contributed by atoms with Gasteiger partial charge in [-0.3, -0.25) is 43.2 Å². The molecule has 9 amide bonds. The molecule has 428 valence electrons. The molecule has 1 aromatic heterocycles. The fraction of sp³-hybridized carbons (Fsp3) is 0.411. The Morgan fingerprint density at radius 2 is 1.34 bits per heavy atom. The number of hydrogen-bond donors (Lipinski definition) is 13. The van der Waals surface area contributed by atoms with Gasteiger partial charge in [0.25, 0.3) is 0 Å². The summed E-state index contributed by atoms with van der Waals surface area (Å²) in [5.41, 5.74) is 14.6. The number of aliphatic hydroxyl groups is 1. The molecular weight excluding hydrogens is 1070 g/mol. The average Bonchev–Trinajstić information content (AvgIpc) is 3.87. The van der Waals surface area contributed by atoms with E-state index in [-0.39, 0.29) is 55.4 Å². The molecular formula is C56H71N11O11S2. The van der Waals surface area contributed by atoms with E-state index in [9.17, 15) is 53.4 Å². The van der Waals surface area contributed by atoms with Gasteiger partial charge in [-0.2, -0.15) is 0 Å². The van der Waals surface area contributed by atoms with Crippen LogP contribution in [0.5, 0.6) is 5.75 Å². The van der Waals surface area contributed by atoms with Gasteiger partial charge < -0.3 is 69.2 Å².